The fraction of sp³-hybridized carbons (Fsp3) is 0.818. The molecular weight excluding hydrogens is 190 g/mol. The van der Waals surface area contributed by atoms with E-state index >= 15 is 0 Å². The maximum Gasteiger partial charge on any atom is 0.243 e. The molecule has 4 nitrogen and oxygen atoms in total. The molecule has 1 unspecified atom stereocenters. The Morgan fingerprint density at radius 1 is 1.33 bits per heavy atom. The van der Waals surface area contributed by atoms with Gasteiger partial charge < -0.3 is 4.52 Å². The van der Waals surface area contributed by atoms with Gasteiger partial charge in [-0.3, -0.25) is 4.90 Å². The number of aromatic nitrogens is 2. The summed E-state index contributed by atoms with van der Waals surface area (Å²) in [5.41, 5.74) is 0. The average Bonchev–Trinajstić information content (AvgIpc) is 2.83. The number of nitrogens with zero attached hydrogens (tertiary/aromatic N) is 3. The van der Waals surface area contributed by atoms with E-state index in [0.717, 1.165) is 11.7 Å². The van der Waals surface area contributed by atoms with E-state index in [2.05, 4.69) is 22.0 Å². The van der Waals surface area contributed by atoms with Crippen LogP contribution < -0.4 is 0 Å². The first kappa shape index (κ1) is 9.33. The van der Waals surface area contributed by atoms with E-state index in [4.69, 9.17) is 4.52 Å². The van der Waals surface area contributed by atoms with Gasteiger partial charge in [-0.05, 0) is 45.7 Å². The van der Waals surface area contributed by atoms with Crippen molar-refractivity contribution in [2.24, 2.45) is 0 Å². The van der Waals surface area contributed by atoms with Crippen LogP contribution in [-0.4, -0.2) is 28.1 Å². The lowest BCUT2D eigenvalue weighted by molar-refractivity contribution is 0.209. The lowest BCUT2D eigenvalue weighted by atomic mass is 10.3. The van der Waals surface area contributed by atoms with Crippen LogP contribution in [0.4, 0.5) is 0 Å². The van der Waals surface area contributed by atoms with Gasteiger partial charge in [0.05, 0.1) is 6.04 Å². The van der Waals surface area contributed by atoms with E-state index in [1.165, 1.54) is 38.8 Å². The van der Waals surface area contributed by atoms with Gasteiger partial charge in [0.25, 0.3) is 0 Å². The molecule has 1 aliphatic heterocycles. The summed E-state index contributed by atoms with van der Waals surface area (Å²) in [5.74, 6) is 2.32. The maximum atomic E-state index is 5.34. The number of hydrogen-bond acceptors (Lipinski definition) is 4. The van der Waals surface area contributed by atoms with Gasteiger partial charge in [0.15, 0.2) is 5.82 Å². The highest BCUT2D eigenvalue weighted by Gasteiger charge is 2.31. The molecule has 3 rings (SSSR count). The van der Waals surface area contributed by atoms with Crippen molar-refractivity contribution in [2.45, 2.75) is 44.6 Å². The van der Waals surface area contributed by atoms with Crippen LogP contribution in [0.1, 0.15) is 56.3 Å². The number of likely N-dealkylation sites (tertiary alicyclic amines) is 1. The average molecular weight is 207 g/mol. The van der Waals surface area contributed by atoms with Crippen molar-refractivity contribution in [2.75, 3.05) is 13.1 Å². The quantitative estimate of drug-likeness (QED) is 0.761. The summed E-state index contributed by atoms with van der Waals surface area (Å²) >= 11 is 0. The summed E-state index contributed by atoms with van der Waals surface area (Å²) in [6, 6.07) is 0.299. The van der Waals surface area contributed by atoms with Gasteiger partial charge in [-0.15, -0.1) is 0 Å². The highest BCUT2D eigenvalue weighted by Crippen LogP contribution is 2.38. The first-order chi connectivity index (χ1) is 7.34. The molecule has 0 bridgehead atoms. The molecule has 82 valence electrons. The molecule has 0 aromatic carbocycles. The van der Waals surface area contributed by atoms with Crippen LogP contribution >= 0.6 is 0 Å². The van der Waals surface area contributed by atoms with E-state index in [9.17, 15) is 0 Å². The number of hydrogen-bond donors (Lipinski definition) is 0. The van der Waals surface area contributed by atoms with Crippen LogP contribution in [-0.2, 0) is 0 Å². The zero-order chi connectivity index (χ0) is 10.3. The second kappa shape index (κ2) is 3.59. The van der Waals surface area contributed by atoms with Crippen LogP contribution in [0.3, 0.4) is 0 Å². The third-order valence-corrected chi connectivity index (χ3v) is 3.45. The van der Waals surface area contributed by atoms with Crippen molar-refractivity contribution in [1.82, 2.24) is 15.0 Å². The SMILES string of the molecule is CC(c1nc(C2CC2)no1)N1CCCC1. The largest absolute Gasteiger partial charge is 0.338 e. The third-order valence-electron chi connectivity index (χ3n) is 3.45. The van der Waals surface area contributed by atoms with Gasteiger partial charge >= 0.3 is 0 Å². The maximum absolute atomic E-state index is 5.34. The highest BCUT2D eigenvalue weighted by atomic mass is 16.5. The Kier molecular flexibility index (Phi) is 2.24. The zero-order valence-corrected chi connectivity index (χ0v) is 9.15. The van der Waals surface area contributed by atoms with Crippen molar-refractivity contribution < 1.29 is 4.52 Å². The van der Waals surface area contributed by atoms with E-state index in [0.29, 0.717) is 12.0 Å². The Labute approximate surface area is 89.6 Å². The summed E-state index contributed by atoms with van der Waals surface area (Å²) in [6.07, 6.45) is 5.07. The lowest BCUT2D eigenvalue weighted by Crippen LogP contribution is -2.23. The monoisotopic (exact) mass is 207 g/mol. The third kappa shape index (κ3) is 1.78. The van der Waals surface area contributed by atoms with Crippen LogP contribution in [0, 0.1) is 0 Å². The predicted molar refractivity (Wildman–Crippen MR) is 55.5 cm³/mol. The van der Waals surface area contributed by atoms with Crippen LogP contribution in [0.2, 0.25) is 0 Å². The summed E-state index contributed by atoms with van der Waals surface area (Å²) in [4.78, 5) is 6.92. The Balaban J connectivity index is 1.72. The smallest absolute Gasteiger partial charge is 0.243 e. The Morgan fingerprint density at radius 2 is 2.07 bits per heavy atom. The molecule has 1 saturated carbocycles. The molecule has 15 heavy (non-hydrogen) atoms. The second-order valence-electron chi connectivity index (χ2n) is 4.68. The Hall–Kier alpha value is -0.900. The zero-order valence-electron chi connectivity index (χ0n) is 9.15. The summed E-state index contributed by atoms with van der Waals surface area (Å²) in [6.45, 7) is 4.50. The molecular formula is C11H17N3O. The summed E-state index contributed by atoms with van der Waals surface area (Å²) in [5, 5.41) is 4.06. The van der Waals surface area contributed by atoms with Gasteiger partial charge in [-0.2, -0.15) is 4.98 Å². The molecule has 2 aliphatic rings. The molecule has 1 aromatic heterocycles. The molecule has 1 atom stereocenters. The lowest BCUT2D eigenvalue weighted by Gasteiger charge is -2.19. The molecule has 2 heterocycles. The van der Waals surface area contributed by atoms with E-state index in [1.54, 1.807) is 0 Å². The standard InChI is InChI=1S/C11H17N3O/c1-8(14-6-2-3-7-14)11-12-10(13-15-11)9-4-5-9/h8-9H,2-7H2,1H3. The minimum absolute atomic E-state index is 0.299. The van der Waals surface area contributed by atoms with Crippen LogP contribution in [0.25, 0.3) is 0 Å². The Bertz CT molecular complexity index is 339. The van der Waals surface area contributed by atoms with E-state index in [-0.39, 0.29) is 0 Å². The van der Waals surface area contributed by atoms with E-state index < -0.39 is 0 Å². The highest BCUT2D eigenvalue weighted by molar-refractivity contribution is 5.04. The predicted octanol–water partition coefficient (Wildman–Crippen LogP) is 2.10. The van der Waals surface area contributed by atoms with Gasteiger partial charge in [0, 0.05) is 5.92 Å². The first-order valence-corrected chi connectivity index (χ1v) is 5.92. The molecule has 1 saturated heterocycles. The van der Waals surface area contributed by atoms with Crippen molar-refractivity contribution in [3.05, 3.63) is 11.7 Å². The minimum Gasteiger partial charge on any atom is -0.338 e. The molecule has 1 aliphatic carbocycles. The van der Waals surface area contributed by atoms with Gasteiger partial charge in [0.1, 0.15) is 0 Å². The summed E-state index contributed by atoms with van der Waals surface area (Å²) < 4.78 is 5.34. The van der Waals surface area contributed by atoms with Crippen molar-refractivity contribution in [1.29, 1.82) is 0 Å². The van der Waals surface area contributed by atoms with Crippen molar-refractivity contribution in [3.63, 3.8) is 0 Å². The second-order valence-corrected chi connectivity index (χ2v) is 4.68. The van der Waals surface area contributed by atoms with Crippen LogP contribution in [0.15, 0.2) is 4.52 Å². The molecule has 0 spiro atoms. The fourth-order valence-corrected chi connectivity index (χ4v) is 2.21. The van der Waals surface area contributed by atoms with E-state index in [1.807, 2.05) is 0 Å². The molecule has 1 aromatic rings. The van der Waals surface area contributed by atoms with Gasteiger partial charge in [-0.25, -0.2) is 0 Å². The molecule has 0 radical (unpaired) electrons. The normalized spacial score (nSPS) is 24.6. The van der Waals surface area contributed by atoms with Crippen LogP contribution in [0.5, 0.6) is 0 Å². The van der Waals surface area contributed by atoms with Crippen molar-refractivity contribution in [3.8, 4) is 0 Å². The first-order valence-electron chi connectivity index (χ1n) is 5.92. The molecule has 4 heteroatoms. The van der Waals surface area contributed by atoms with Gasteiger partial charge in [-0.1, -0.05) is 5.16 Å². The number of rotatable bonds is 3. The van der Waals surface area contributed by atoms with Crippen molar-refractivity contribution >= 4 is 0 Å². The molecule has 0 N–H and O–H groups in total. The summed E-state index contributed by atoms with van der Waals surface area (Å²) in [7, 11) is 0. The Morgan fingerprint density at radius 3 is 2.73 bits per heavy atom. The fourth-order valence-electron chi connectivity index (χ4n) is 2.21. The molecule has 0 amide bonds. The molecule has 2 fully saturated rings. The van der Waals surface area contributed by atoms with Gasteiger partial charge in [0.2, 0.25) is 5.89 Å². The minimum atomic E-state index is 0.299. The topological polar surface area (TPSA) is 42.2 Å².